The van der Waals surface area contributed by atoms with E-state index in [1.807, 2.05) is 12.3 Å². The van der Waals surface area contributed by atoms with Crippen LogP contribution in [0.4, 0.5) is 11.4 Å². The Labute approximate surface area is 395 Å². The number of hydrogen-bond acceptors (Lipinski definition) is 4. The van der Waals surface area contributed by atoms with Gasteiger partial charge < -0.3 is 26.5 Å². The number of pyridine rings is 1. The number of ether oxygens (including phenoxy) is 1. The largest absolute Gasteiger partial charge is 0.509 e. The summed E-state index contributed by atoms with van der Waals surface area (Å²) in [6.45, 7) is 41.7. The van der Waals surface area contributed by atoms with Crippen molar-refractivity contribution in [2.24, 2.45) is 5.41 Å². The van der Waals surface area contributed by atoms with Crippen LogP contribution < -0.4 is 14.5 Å². The van der Waals surface area contributed by atoms with Gasteiger partial charge in [0, 0.05) is 67.3 Å². The fourth-order valence-electron chi connectivity index (χ4n) is 8.06. The molecule has 0 radical (unpaired) electrons. The first kappa shape index (κ1) is 49.7. The third-order valence-electron chi connectivity index (χ3n) is 12.2. The standard InChI is InChI=1S/C56H70N4O.CH3.Pt/c1-51(2,3)36-19-21-45-46-22-20-43(33-48(46)60(47(45)30-36)50-31-37(23-24-57-50)52(4,5)6)61-44-29-40(55(13,14)15)28-42(32-44)59-35-58(34-49(59)56(16,17)18)41-26-38(53(7,8)9)25-39(27-41)54(10,11)12;;/h19-31,34H,35H2,1-18H3;1H3;/q-2;-1;. The third kappa shape index (κ3) is 10.3. The number of allylic oxidation sites excluding steroid dienone is 1. The summed E-state index contributed by atoms with van der Waals surface area (Å²) in [6, 6.07) is 34.5. The zero-order valence-electron chi connectivity index (χ0n) is 41.8. The van der Waals surface area contributed by atoms with Gasteiger partial charge in [0.15, 0.2) is 0 Å². The Kier molecular flexibility index (Phi) is 13.3. The molecule has 1 aliphatic rings. The number of benzene rings is 4. The normalized spacial score (nSPS) is 14.2. The van der Waals surface area contributed by atoms with Gasteiger partial charge in [-0.3, -0.25) is 0 Å². The molecule has 6 heteroatoms. The van der Waals surface area contributed by atoms with Crippen LogP contribution in [0.2, 0.25) is 0 Å². The monoisotopic (exact) mass is 1020 g/mol. The summed E-state index contributed by atoms with van der Waals surface area (Å²) in [4.78, 5) is 9.80. The molecular formula is C57H73N4OPt-3. The molecule has 6 aromatic rings. The smallest absolute Gasteiger partial charge is 0.135 e. The number of aromatic nitrogens is 2. The summed E-state index contributed by atoms with van der Waals surface area (Å²) in [7, 11) is 0. The minimum absolute atomic E-state index is 0. The average Bonchev–Trinajstić information content (AvgIpc) is 3.73. The molecule has 7 rings (SSSR count). The van der Waals surface area contributed by atoms with Crippen LogP contribution in [-0.2, 0) is 48.1 Å². The summed E-state index contributed by atoms with van der Waals surface area (Å²) in [5, 5.41) is 2.28. The van der Waals surface area contributed by atoms with Gasteiger partial charge in [0.05, 0.1) is 6.67 Å². The van der Waals surface area contributed by atoms with E-state index in [0.717, 1.165) is 27.9 Å². The fraction of sp³-hybridized carbons (Fsp3) is 0.439. The molecule has 1 aliphatic heterocycles. The second-order valence-electron chi connectivity index (χ2n) is 23.6. The summed E-state index contributed by atoms with van der Waals surface area (Å²) in [5.41, 5.74) is 11.6. The van der Waals surface area contributed by atoms with Gasteiger partial charge in [-0.2, -0.15) is 6.07 Å². The molecule has 0 spiro atoms. The first-order chi connectivity index (χ1) is 28.0. The van der Waals surface area contributed by atoms with E-state index in [-0.39, 0.29) is 61.0 Å². The molecule has 340 valence electrons. The molecule has 0 atom stereocenters. The first-order valence-corrected chi connectivity index (χ1v) is 22.1. The van der Waals surface area contributed by atoms with Crippen LogP contribution >= 0.6 is 0 Å². The molecule has 0 N–H and O–H groups in total. The summed E-state index contributed by atoms with van der Waals surface area (Å²) in [6.07, 6.45) is 4.28. The average molecular weight is 1030 g/mol. The van der Waals surface area contributed by atoms with Gasteiger partial charge in [0.2, 0.25) is 0 Å². The van der Waals surface area contributed by atoms with Gasteiger partial charge in [-0.15, -0.1) is 41.3 Å². The maximum absolute atomic E-state index is 6.90. The molecule has 0 amide bonds. The molecular weight excluding hydrogens is 952 g/mol. The number of hydrogen-bond donors (Lipinski definition) is 0. The van der Waals surface area contributed by atoms with E-state index in [4.69, 9.17) is 9.72 Å². The predicted octanol–water partition coefficient (Wildman–Crippen LogP) is 15.7. The minimum Gasteiger partial charge on any atom is -0.509 e. The second-order valence-corrected chi connectivity index (χ2v) is 23.6. The van der Waals surface area contributed by atoms with Gasteiger partial charge in [0.1, 0.15) is 5.82 Å². The Morgan fingerprint density at radius 1 is 0.524 bits per heavy atom. The molecule has 0 unspecified atom stereocenters. The molecule has 0 aliphatic carbocycles. The van der Waals surface area contributed by atoms with Crippen LogP contribution in [-0.4, -0.2) is 16.2 Å². The number of rotatable bonds is 5. The first-order valence-electron chi connectivity index (χ1n) is 22.1. The molecule has 2 aromatic heterocycles. The van der Waals surface area contributed by atoms with Crippen molar-refractivity contribution in [2.75, 3.05) is 16.5 Å². The Balaban J connectivity index is 0.00000374. The molecule has 4 aromatic carbocycles. The summed E-state index contributed by atoms with van der Waals surface area (Å²) < 4.78 is 9.17. The molecule has 5 nitrogen and oxygen atoms in total. The second kappa shape index (κ2) is 16.9. The summed E-state index contributed by atoms with van der Waals surface area (Å²) >= 11 is 0. The molecule has 0 saturated carbocycles. The van der Waals surface area contributed by atoms with Crippen molar-refractivity contribution in [1.29, 1.82) is 0 Å². The van der Waals surface area contributed by atoms with E-state index in [9.17, 15) is 0 Å². The van der Waals surface area contributed by atoms with E-state index < -0.39 is 0 Å². The van der Waals surface area contributed by atoms with Crippen LogP contribution in [0.5, 0.6) is 11.5 Å². The molecule has 0 bridgehead atoms. The Hall–Kier alpha value is -4.34. The van der Waals surface area contributed by atoms with Gasteiger partial charge in [-0.25, -0.2) is 4.98 Å². The molecule has 63 heavy (non-hydrogen) atoms. The molecule has 0 saturated heterocycles. The number of nitrogens with zero attached hydrogens (tertiary/aromatic N) is 4. The van der Waals surface area contributed by atoms with Gasteiger partial charge in [-0.05, 0) is 85.0 Å². The Bertz CT molecular complexity index is 2630. The van der Waals surface area contributed by atoms with Crippen LogP contribution in [0.1, 0.15) is 152 Å². The maximum Gasteiger partial charge on any atom is 0.135 e. The van der Waals surface area contributed by atoms with Crippen molar-refractivity contribution >= 4 is 33.2 Å². The van der Waals surface area contributed by atoms with Crippen LogP contribution in [0, 0.1) is 25.0 Å². The Morgan fingerprint density at radius 3 is 1.62 bits per heavy atom. The van der Waals surface area contributed by atoms with Gasteiger partial charge >= 0.3 is 0 Å². The SMILES string of the molecule is CC(C)(C)C1=CN(c2cc(C(C)(C)C)cc(C(C)(C)C)c2)CN1c1[c-]c(Oc2[c-]c3c(cc2)c2ccc(C(C)(C)C)cc2n3-c2cc(C(C)(C)C)ccn2)cc(C(C)(C)C)c1.[CH3-].[Pt]. The molecule has 0 fully saturated rings. The van der Waals surface area contributed by atoms with E-state index in [0.29, 0.717) is 18.2 Å². The number of fused-ring (bicyclic) bond motifs is 3. The summed E-state index contributed by atoms with van der Waals surface area (Å²) in [5.74, 6) is 2.18. The fourth-order valence-corrected chi connectivity index (χ4v) is 8.06. The van der Waals surface area contributed by atoms with Crippen molar-refractivity contribution in [3.63, 3.8) is 0 Å². The van der Waals surface area contributed by atoms with Crippen LogP contribution in [0.3, 0.4) is 0 Å². The third-order valence-corrected chi connectivity index (χ3v) is 12.2. The van der Waals surface area contributed by atoms with Crippen molar-refractivity contribution in [3.8, 4) is 17.3 Å². The van der Waals surface area contributed by atoms with E-state index in [1.54, 1.807) is 0 Å². The van der Waals surface area contributed by atoms with E-state index in [2.05, 4.69) is 224 Å². The quantitative estimate of drug-likeness (QED) is 0.161. The van der Waals surface area contributed by atoms with Crippen molar-refractivity contribution in [1.82, 2.24) is 9.55 Å². The zero-order chi connectivity index (χ0) is 44.8. The molecule has 3 heterocycles. The maximum atomic E-state index is 6.90. The van der Waals surface area contributed by atoms with E-state index in [1.165, 1.54) is 44.6 Å². The Morgan fingerprint density at radius 2 is 1.06 bits per heavy atom. The van der Waals surface area contributed by atoms with Crippen LogP contribution in [0.25, 0.3) is 27.6 Å². The van der Waals surface area contributed by atoms with Crippen molar-refractivity contribution in [2.45, 2.75) is 152 Å². The van der Waals surface area contributed by atoms with E-state index >= 15 is 0 Å². The minimum atomic E-state index is -0.135. The van der Waals surface area contributed by atoms with Crippen molar-refractivity contribution < 1.29 is 25.8 Å². The van der Waals surface area contributed by atoms with Gasteiger partial charge in [0.25, 0.3) is 0 Å². The zero-order valence-corrected chi connectivity index (χ0v) is 44.1. The van der Waals surface area contributed by atoms with Crippen molar-refractivity contribution in [3.05, 3.63) is 138 Å². The topological polar surface area (TPSA) is 33.5 Å². The van der Waals surface area contributed by atoms with Gasteiger partial charge in [-0.1, -0.05) is 154 Å². The number of anilines is 2. The van der Waals surface area contributed by atoms with Crippen LogP contribution in [0.15, 0.2) is 90.9 Å². The predicted molar refractivity (Wildman–Crippen MR) is 266 cm³/mol.